The first-order chi connectivity index (χ1) is 36.6. The van der Waals surface area contributed by atoms with Crippen LogP contribution in [0, 0.1) is 11.8 Å². The molecule has 1 aromatic carbocycles. The number of guanidine groups is 2. The van der Waals surface area contributed by atoms with E-state index >= 15 is 0 Å². The van der Waals surface area contributed by atoms with Gasteiger partial charge in [-0.2, -0.15) is 39.5 Å². The number of phenolic OH excluding ortho intramolecular Hbond substituents is 1. The van der Waals surface area contributed by atoms with E-state index in [0.717, 1.165) is 4.90 Å². The van der Waals surface area contributed by atoms with Gasteiger partial charge in [0.25, 0.3) is 0 Å². The van der Waals surface area contributed by atoms with Crippen LogP contribution in [-0.2, 0) is 49.6 Å². The molecule has 1 aliphatic heterocycles. The van der Waals surface area contributed by atoms with E-state index in [1.165, 1.54) is 24.1 Å². The number of carboxylic acid groups (broad SMARTS) is 4. The molecule has 1 aromatic rings. The van der Waals surface area contributed by atoms with Gasteiger partial charge in [-0.05, 0) is 74.5 Å². The summed E-state index contributed by atoms with van der Waals surface area (Å²) in [4.78, 5) is 119. The minimum Gasteiger partial charge on any atom is -0.508 e. The predicted octanol–water partition coefficient (Wildman–Crippen LogP) is 0.718. The summed E-state index contributed by atoms with van der Waals surface area (Å²) in [5.74, 6) is -13.2. The van der Waals surface area contributed by atoms with Gasteiger partial charge in [-0.3, -0.25) is 34.0 Å². The van der Waals surface area contributed by atoms with Gasteiger partial charge in [-0.25, -0.2) is 19.2 Å². The average Bonchev–Trinajstić information content (AvgIpc) is 3.84. The first-order valence-corrected chi connectivity index (χ1v) is 23.9. The molecule has 0 spiro atoms. The fourth-order valence-electron chi connectivity index (χ4n) is 6.72. The van der Waals surface area contributed by atoms with Crippen LogP contribution >= 0.6 is 0 Å². The van der Waals surface area contributed by atoms with E-state index < -0.39 is 114 Å². The molecule has 80 heavy (non-hydrogen) atoms. The van der Waals surface area contributed by atoms with Crippen LogP contribution in [0.4, 0.5) is 39.5 Å². The number of nitrogens with zero attached hydrogens (tertiary/aromatic N) is 4. The van der Waals surface area contributed by atoms with Crippen LogP contribution in [0.3, 0.4) is 0 Å². The molecular formula is C45H69F9N12O14. The minimum atomic E-state index is -5.08. The Labute approximate surface area is 451 Å². The van der Waals surface area contributed by atoms with Crippen molar-refractivity contribution in [3.05, 3.63) is 29.8 Å². The zero-order valence-electron chi connectivity index (χ0n) is 43.9. The zero-order valence-corrected chi connectivity index (χ0v) is 43.9. The van der Waals surface area contributed by atoms with Crippen molar-refractivity contribution >= 4 is 65.3 Å². The molecule has 0 radical (unpaired) electrons. The number of carbonyl (C=O) groups is 9. The number of aliphatic imine (C=N–C) groups is 2. The van der Waals surface area contributed by atoms with E-state index in [1.54, 1.807) is 19.1 Å². The monoisotopic (exact) mass is 1170 g/mol. The number of alkyl halides is 9. The smallest absolute Gasteiger partial charge is 0.490 e. The number of likely N-dealkylation sites (tertiary alicyclic amines) is 1. The van der Waals surface area contributed by atoms with E-state index in [0.29, 0.717) is 31.2 Å². The highest BCUT2D eigenvalue weighted by Crippen LogP contribution is 2.22. The third kappa shape index (κ3) is 29.7. The molecule has 7 atom stereocenters. The number of aromatic hydroxyl groups is 1. The number of hydrogen-bond donors (Lipinski definition) is 13. The Morgan fingerprint density at radius 1 is 0.713 bits per heavy atom. The van der Waals surface area contributed by atoms with Crippen molar-refractivity contribution in [3.63, 3.8) is 0 Å². The molecule has 35 heteroatoms. The van der Waals surface area contributed by atoms with E-state index in [9.17, 15) is 78.5 Å². The summed E-state index contributed by atoms with van der Waals surface area (Å²) in [6.07, 6.45) is -12.9. The molecule has 0 unspecified atom stereocenters. The highest BCUT2D eigenvalue weighted by atomic mass is 19.4. The molecule has 0 aromatic heterocycles. The van der Waals surface area contributed by atoms with Gasteiger partial charge in [0.1, 0.15) is 36.0 Å². The number of benzene rings is 1. The van der Waals surface area contributed by atoms with Gasteiger partial charge < -0.3 is 80.0 Å². The lowest BCUT2D eigenvalue weighted by atomic mass is 9.95. The quantitative estimate of drug-likeness (QED) is 0.0293. The number of nitrogens with one attached hydrogen (secondary N) is 3. The fourth-order valence-corrected chi connectivity index (χ4v) is 6.72. The van der Waals surface area contributed by atoms with Crippen LogP contribution in [0.1, 0.15) is 84.6 Å². The molecule has 0 aliphatic carbocycles. The average molecular weight is 1170 g/mol. The van der Waals surface area contributed by atoms with E-state index in [1.807, 2.05) is 20.8 Å². The summed E-state index contributed by atoms with van der Waals surface area (Å²) < 4.78 is 95.2. The molecule has 1 fully saturated rings. The molecule has 1 saturated heterocycles. The van der Waals surface area contributed by atoms with Crippen molar-refractivity contribution in [2.24, 2.45) is 50.5 Å². The number of phenols is 1. The molecule has 0 bridgehead atoms. The molecule has 2 rings (SSSR count). The Kier molecular flexibility index (Phi) is 32.4. The Bertz CT molecular complexity index is 2210. The van der Waals surface area contributed by atoms with Crippen LogP contribution in [0.2, 0.25) is 0 Å². The van der Waals surface area contributed by atoms with Crippen molar-refractivity contribution in [3.8, 4) is 5.75 Å². The van der Waals surface area contributed by atoms with Crippen LogP contribution in [0.15, 0.2) is 34.3 Å². The summed E-state index contributed by atoms with van der Waals surface area (Å²) >= 11 is 0. The number of aliphatic carboxylic acids is 4. The maximum absolute atomic E-state index is 14.2. The number of carboxylic acids is 4. The summed E-state index contributed by atoms with van der Waals surface area (Å²) in [6, 6.07) is -0.566. The van der Waals surface area contributed by atoms with Crippen molar-refractivity contribution in [2.75, 3.05) is 26.7 Å². The first-order valence-electron chi connectivity index (χ1n) is 23.9. The lowest BCUT2D eigenvalue weighted by Crippen LogP contribution is -2.60. The Hall–Kier alpha value is -7.88. The van der Waals surface area contributed by atoms with Crippen molar-refractivity contribution in [1.29, 1.82) is 0 Å². The highest BCUT2D eigenvalue weighted by Gasteiger charge is 2.42. The van der Waals surface area contributed by atoms with E-state index in [2.05, 4.69) is 25.9 Å². The summed E-state index contributed by atoms with van der Waals surface area (Å²) in [5, 5.41) is 49.5. The summed E-state index contributed by atoms with van der Waals surface area (Å²) in [5.41, 5.74) is 28.4. The Morgan fingerprint density at radius 2 is 1.16 bits per heavy atom. The van der Waals surface area contributed by atoms with Gasteiger partial charge in [-0.15, -0.1) is 0 Å². The number of likely N-dealkylation sites (N-methyl/N-ethyl adjacent to an activating group) is 1. The highest BCUT2D eigenvalue weighted by molar-refractivity contribution is 5.97. The second kappa shape index (κ2) is 34.9. The maximum Gasteiger partial charge on any atom is 0.490 e. The van der Waals surface area contributed by atoms with Crippen LogP contribution < -0.4 is 44.6 Å². The Balaban J connectivity index is 0. The van der Waals surface area contributed by atoms with Gasteiger partial charge in [0, 0.05) is 33.1 Å². The Morgan fingerprint density at radius 3 is 1.56 bits per heavy atom. The third-order valence-corrected chi connectivity index (χ3v) is 11.0. The van der Waals surface area contributed by atoms with Gasteiger partial charge in [-0.1, -0.05) is 46.2 Å². The molecular weight excluding hydrogens is 1100 g/mol. The van der Waals surface area contributed by atoms with E-state index in [-0.39, 0.29) is 75.3 Å². The van der Waals surface area contributed by atoms with Crippen LogP contribution in [0.25, 0.3) is 0 Å². The maximum atomic E-state index is 14.2. The molecule has 1 heterocycles. The second-order valence-electron chi connectivity index (χ2n) is 17.9. The minimum absolute atomic E-state index is 0.00871. The first kappa shape index (κ1) is 74.2. The number of rotatable bonds is 24. The predicted molar refractivity (Wildman–Crippen MR) is 264 cm³/mol. The zero-order chi connectivity index (χ0) is 62.6. The topological polar surface area (TPSA) is 452 Å². The van der Waals surface area contributed by atoms with Crippen molar-refractivity contribution in [1.82, 2.24) is 25.8 Å². The number of hydrogen-bond acceptors (Lipinski definition) is 13. The summed E-state index contributed by atoms with van der Waals surface area (Å²) in [7, 11) is 1.39. The molecule has 0 saturated carbocycles. The number of nitrogens with two attached hydrogens (primary N) is 5. The van der Waals surface area contributed by atoms with Crippen LogP contribution in [-0.4, -0.2) is 182 Å². The SMILES string of the molecule is CC[C@H](C)[C@H](NC(=O)[C@H](Cc1ccc(O)cc1)NC(=O)[C@@H]1CCCN1C(=O)[C@H](CCCN=C(N)N)NC(=O)[C@@H](N)CCCN=C(N)N)C(=O)N(C)[C@@H](CC(C)C)C(=O)O.O=C(O)C(F)(F)F.O=C(O)C(F)(F)F.O=C(O)C(F)(F)F. The van der Waals surface area contributed by atoms with Gasteiger partial charge in [0.2, 0.25) is 29.5 Å². The number of amides is 5. The van der Waals surface area contributed by atoms with Gasteiger partial charge >= 0.3 is 42.4 Å². The lowest BCUT2D eigenvalue weighted by molar-refractivity contribution is -0.193. The molecule has 5 amide bonds. The molecule has 18 N–H and O–H groups in total. The van der Waals surface area contributed by atoms with Gasteiger partial charge in [0.05, 0.1) is 6.04 Å². The van der Waals surface area contributed by atoms with E-state index in [4.69, 9.17) is 58.4 Å². The number of halogens is 9. The van der Waals surface area contributed by atoms with Gasteiger partial charge in [0.15, 0.2) is 11.9 Å². The van der Waals surface area contributed by atoms with Crippen molar-refractivity contribution < 1.29 is 108 Å². The standard InChI is InChI=1S/C39H66N12O8.3C2HF3O2/c1-6-23(4)31(36(57)50(5)30(37(58)59)20-22(2)3)49-33(54)28(21-24-13-15-25(52)16-14-24)48-34(55)29-12-9-19-51(29)35(56)27(11-8-18-46-39(43)44)47-32(53)26(40)10-7-17-45-38(41)42;3*3-2(4,5)1(6)7/h13-16,22-23,26-31,52H,6-12,17-21,40H2,1-5H3,(H,47,53)(H,48,55)(H,49,54)(H,58,59)(H4,41,42,45)(H4,43,44,46);3*(H,6,7)/t23-,26-,27-,28-,29-,30-,31-;;;/m0.../s1. The third-order valence-electron chi connectivity index (χ3n) is 11.0. The summed E-state index contributed by atoms with van der Waals surface area (Å²) in [6.45, 7) is 7.91. The normalized spacial score (nSPS) is 15.3. The lowest BCUT2D eigenvalue weighted by Gasteiger charge is -2.33. The largest absolute Gasteiger partial charge is 0.508 e. The molecule has 1 aliphatic rings. The van der Waals surface area contributed by atoms with Crippen molar-refractivity contribution in [2.45, 2.75) is 140 Å². The second-order valence-corrected chi connectivity index (χ2v) is 17.9. The molecule has 456 valence electrons. The fraction of sp³-hybridized carbons (Fsp3) is 0.622. The molecule has 26 nitrogen and oxygen atoms in total. The van der Waals surface area contributed by atoms with Crippen LogP contribution in [0.5, 0.6) is 5.75 Å². The number of carbonyl (C=O) groups excluding carboxylic acids is 5.